The van der Waals surface area contributed by atoms with Gasteiger partial charge in [0.1, 0.15) is 0 Å². The topological polar surface area (TPSA) is 26.0 Å². The monoisotopic (exact) mass is 313 g/mol. The average molecular weight is 314 g/mol. The minimum Gasteiger partial charge on any atom is -0.327 e. The van der Waals surface area contributed by atoms with Crippen LogP contribution in [0.3, 0.4) is 0 Å². The standard InChI is InChI=1S/C14H20BrNS/c1-2-10-7-8-12(16)14(9-10)17-13-6-4-3-5-11(13)15/h3-6,10,12,14H,2,7-9,16H2,1H3. The molecule has 3 atom stereocenters. The lowest BCUT2D eigenvalue weighted by molar-refractivity contribution is 0.327. The Kier molecular flexibility index (Phi) is 4.95. The van der Waals surface area contributed by atoms with Crippen LogP contribution in [-0.2, 0) is 0 Å². The molecule has 0 radical (unpaired) electrons. The Morgan fingerprint density at radius 2 is 2.12 bits per heavy atom. The first kappa shape index (κ1) is 13.4. The maximum absolute atomic E-state index is 6.26. The van der Waals surface area contributed by atoms with E-state index in [1.165, 1.54) is 35.1 Å². The maximum atomic E-state index is 6.26. The van der Waals surface area contributed by atoms with Gasteiger partial charge in [0.25, 0.3) is 0 Å². The van der Waals surface area contributed by atoms with Gasteiger partial charge in [-0.05, 0) is 53.2 Å². The number of benzene rings is 1. The van der Waals surface area contributed by atoms with Gasteiger partial charge in [-0.2, -0.15) is 0 Å². The van der Waals surface area contributed by atoms with Gasteiger partial charge < -0.3 is 5.73 Å². The van der Waals surface area contributed by atoms with Gasteiger partial charge in [-0.1, -0.05) is 25.5 Å². The fraction of sp³-hybridized carbons (Fsp3) is 0.571. The molecule has 1 fully saturated rings. The molecule has 3 unspecified atom stereocenters. The minimum absolute atomic E-state index is 0.356. The lowest BCUT2D eigenvalue weighted by atomic mass is 9.84. The predicted molar refractivity (Wildman–Crippen MR) is 79.4 cm³/mol. The van der Waals surface area contributed by atoms with Gasteiger partial charge in [-0.25, -0.2) is 0 Å². The molecule has 0 amide bonds. The van der Waals surface area contributed by atoms with Crippen LogP contribution < -0.4 is 5.73 Å². The fourth-order valence-electron chi connectivity index (χ4n) is 2.44. The molecule has 94 valence electrons. The molecule has 1 saturated carbocycles. The highest BCUT2D eigenvalue weighted by Crippen LogP contribution is 2.39. The largest absolute Gasteiger partial charge is 0.327 e. The number of hydrogen-bond acceptors (Lipinski definition) is 2. The summed E-state index contributed by atoms with van der Waals surface area (Å²) < 4.78 is 1.19. The lowest BCUT2D eigenvalue weighted by Crippen LogP contribution is -2.38. The van der Waals surface area contributed by atoms with E-state index in [4.69, 9.17) is 5.73 Å². The van der Waals surface area contributed by atoms with Gasteiger partial charge in [0.05, 0.1) is 0 Å². The van der Waals surface area contributed by atoms with Gasteiger partial charge in [-0.3, -0.25) is 0 Å². The highest BCUT2D eigenvalue weighted by molar-refractivity contribution is 9.10. The second kappa shape index (κ2) is 6.26. The highest BCUT2D eigenvalue weighted by Gasteiger charge is 2.28. The molecule has 1 aliphatic rings. The van der Waals surface area contributed by atoms with Crippen molar-refractivity contribution < 1.29 is 0 Å². The SMILES string of the molecule is CCC1CCC(N)C(Sc2ccccc2Br)C1. The summed E-state index contributed by atoms with van der Waals surface area (Å²) in [6, 6.07) is 8.79. The molecule has 2 N–H and O–H groups in total. The Labute approximate surface area is 117 Å². The molecule has 0 saturated heterocycles. The van der Waals surface area contributed by atoms with Crippen molar-refractivity contribution in [1.82, 2.24) is 0 Å². The predicted octanol–water partition coefficient (Wildman–Crippen LogP) is 4.45. The molecular weight excluding hydrogens is 294 g/mol. The summed E-state index contributed by atoms with van der Waals surface area (Å²) in [5.41, 5.74) is 6.26. The second-order valence-corrected chi connectivity index (χ2v) is 6.97. The van der Waals surface area contributed by atoms with Crippen LogP contribution in [-0.4, -0.2) is 11.3 Å². The lowest BCUT2D eigenvalue weighted by Gasteiger charge is -2.33. The Hall–Kier alpha value is 0.01000. The molecule has 1 nitrogen and oxygen atoms in total. The molecule has 1 aromatic rings. The van der Waals surface area contributed by atoms with E-state index >= 15 is 0 Å². The number of rotatable bonds is 3. The summed E-state index contributed by atoms with van der Waals surface area (Å²) >= 11 is 5.56. The smallest absolute Gasteiger partial charge is 0.0311 e. The van der Waals surface area contributed by atoms with Crippen molar-refractivity contribution in [1.29, 1.82) is 0 Å². The zero-order chi connectivity index (χ0) is 12.3. The minimum atomic E-state index is 0.356. The summed E-state index contributed by atoms with van der Waals surface area (Å²) in [7, 11) is 0. The molecular formula is C14H20BrNS. The van der Waals surface area contributed by atoms with Crippen molar-refractivity contribution in [3.8, 4) is 0 Å². The second-order valence-electron chi connectivity index (χ2n) is 4.84. The number of nitrogens with two attached hydrogens (primary N) is 1. The third-order valence-electron chi connectivity index (χ3n) is 3.64. The van der Waals surface area contributed by atoms with E-state index < -0.39 is 0 Å². The van der Waals surface area contributed by atoms with E-state index in [1.54, 1.807) is 0 Å². The summed E-state index contributed by atoms with van der Waals surface area (Å²) in [6.07, 6.45) is 5.05. The Morgan fingerprint density at radius 3 is 2.82 bits per heavy atom. The van der Waals surface area contributed by atoms with E-state index in [0.29, 0.717) is 11.3 Å². The van der Waals surface area contributed by atoms with Gasteiger partial charge in [0.2, 0.25) is 0 Å². The number of hydrogen-bond donors (Lipinski definition) is 1. The first-order valence-electron chi connectivity index (χ1n) is 6.37. The van der Waals surface area contributed by atoms with Gasteiger partial charge >= 0.3 is 0 Å². The van der Waals surface area contributed by atoms with Gasteiger partial charge in [-0.15, -0.1) is 11.8 Å². The number of thioether (sulfide) groups is 1. The molecule has 1 aromatic carbocycles. The Balaban J connectivity index is 2.04. The van der Waals surface area contributed by atoms with E-state index in [9.17, 15) is 0 Å². The van der Waals surface area contributed by atoms with Crippen molar-refractivity contribution in [3.05, 3.63) is 28.7 Å². The van der Waals surface area contributed by atoms with Crippen LogP contribution in [0.2, 0.25) is 0 Å². The highest BCUT2D eigenvalue weighted by atomic mass is 79.9. The maximum Gasteiger partial charge on any atom is 0.0311 e. The molecule has 17 heavy (non-hydrogen) atoms. The van der Waals surface area contributed by atoms with Crippen molar-refractivity contribution in [2.24, 2.45) is 11.7 Å². The molecule has 0 aromatic heterocycles. The van der Waals surface area contributed by atoms with Gasteiger partial charge in [0.15, 0.2) is 0 Å². The zero-order valence-corrected chi connectivity index (χ0v) is 12.6. The van der Waals surface area contributed by atoms with Crippen LogP contribution in [0.15, 0.2) is 33.6 Å². The molecule has 0 bridgehead atoms. The van der Waals surface area contributed by atoms with Crippen molar-refractivity contribution in [2.75, 3.05) is 0 Å². The summed E-state index contributed by atoms with van der Waals surface area (Å²) in [5.74, 6) is 0.870. The van der Waals surface area contributed by atoms with E-state index in [1.807, 2.05) is 11.8 Å². The van der Waals surface area contributed by atoms with Crippen LogP contribution in [0.5, 0.6) is 0 Å². The third kappa shape index (κ3) is 3.49. The van der Waals surface area contributed by atoms with Crippen LogP contribution >= 0.6 is 27.7 Å². The third-order valence-corrected chi connectivity index (χ3v) is 6.05. The first-order valence-corrected chi connectivity index (χ1v) is 8.04. The fourth-order valence-corrected chi connectivity index (χ4v) is 4.35. The van der Waals surface area contributed by atoms with Crippen LogP contribution in [0.25, 0.3) is 0 Å². The quantitative estimate of drug-likeness (QED) is 0.892. The number of halogens is 1. The van der Waals surface area contributed by atoms with Crippen molar-refractivity contribution in [2.45, 2.75) is 48.8 Å². The average Bonchev–Trinajstić information content (AvgIpc) is 2.35. The molecule has 0 spiro atoms. The normalized spacial score (nSPS) is 29.2. The van der Waals surface area contributed by atoms with Gasteiger partial charge in [0, 0.05) is 20.7 Å². The first-order chi connectivity index (χ1) is 8.20. The Morgan fingerprint density at radius 1 is 1.35 bits per heavy atom. The summed E-state index contributed by atoms with van der Waals surface area (Å²) in [4.78, 5) is 1.32. The van der Waals surface area contributed by atoms with E-state index in [2.05, 4.69) is 47.1 Å². The van der Waals surface area contributed by atoms with E-state index in [0.717, 1.165) is 5.92 Å². The summed E-state index contributed by atoms with van der Waals surface area (Å²) in [5, 5.41) is 0.576. The molecule has 2 rings (SSSR count). The molecule has 1 aliphatic carbocycles. The van der Waals surface area contributed by atoms with Crippen molar-refractivity contribution >= 4 is 27.7 Å². The van der Waals surface area contributed by atoms with Crippen LogP contribution in [0.4, 0.5) is 0 Å². The van der Waals surface area contributed by atoms with E-state index in [-0.39, 0.29) is 0 Å². The van der Waals surface area contributed by atoms with Crippen LogP contribution in [0, 0.1) is 5.92 Å². The van der Waals surface area contributed by atoms with Crippen molar-refractivity contribution in [3.63, 3.8) is 0 Å². The Bertz CT molecular complexity index is 369. The zero-order valence-electron chi connectivity index (χ0n) is 10.2. The summed E-state index contributed by atoms with van der Waals surface area (Å²) in [6.45, 7) is 2.29. The van der Waals surface area contributed by atoms with Crippen LogP contribution in [0.1, 0.15) is 32.6 Å². The molecule has 0 heterocycles. The molecule has 0 aliphatic heterocycles. The molecule has 3 heteroatoms.